The van der Waals surface area contributed by atoms with Crippen LogP contribution in [0.3, 0.4) is 0 Å². The van der Waals surface area contributed by atoms with Crippen LogP contribution in [0.1, 0.15) is 0 Å². The minimum atomic E-state index is -2.78. The third-order valence-electron chi connectivity index (χ3n) is 1.84. The molecule has 0 saturated carbocycles. The Morgan fingerprint density at radius 1 is 1.50 bits per heavy atom. The van der Waals surface area contributed by atoms with Gasteiger partial charge < -0.3 is 17.0 Å². The van der Waals surface area contributed by atoms with Crippen LogP contribution in [0, 0.1) is 0 Å². The van der Waals surface area contributed by atoms with Crippen LogP contribution in [0.25, 0.3) is 0 Å². The molecule has 0 aromatic heterocycles. The number of aliphatic imine (C=N–C) groups is 1. The van der Waals surface area contributed by atoms with Gasteiger partial charge in [-0.15, -0.1) is 0 Å². The second kappa shape index (κ2) is 3.29. The smallest absolute Gasteiger partial charge is 1.00 e. The average Bonchev–Trinajstić information content (AvgIpc) is 2.17. The quantitative estimate of drug-likeness (QED) is 0.459. The molecule has 70 valence electrons. The van der Waals surface area contributed by atoms with Crippen LogP contribution < -0.4 is 22.7 Å². The maximum Gasteiger partial charge on any atom is -1.00 e. The minimum absolute atomic E-state index is 0. The number of amidine groups is 1. The van der Waals surface area contributed by atoms with E-state index in [0.29, 0.717) is 10.5 Å². The number of halogens is 1. The van der Waals surface area contributed by atoms with Crippen LogP contribution in [-0.2, 0) is 9.84 Å². The summed E-state index contributed by atoms with van der Waals surface area (Å²) in [6.45, 7) is 0. The molecule has 2 atom stereocenters. The molecule has 12 heavy (non-hydrogen) atoms. The van der Waals surface area contributed by atoms with Gasteiger partial charge in [0.25, 0.3) is 0 Å². The average molecular weight is 319 g/mol. The van der Waals surface area contributed by atoms with Crippen LogP contribution in [0.2, 0.25) is 4.82 Å². The summed E-state index contributed by atoms with van der Waals surface area (Å²) in [5.74, 6) is 0.530. The van der Waals surface area contributed by atoms with Gasteiger partial charge >= 0.3 is 71.0 Å². The van der Waals surface area contributed by atoms with Crippen molar-refractivity contribution in [2.24, 2.45) is 10.7 Å². The summed E-state index contributed by atoms with van der Waals surface area (Å²) in [5.41, 5.74) is 5.50. The molecule has 0 spiro atoms. The van der Waals surface area contributed by atoms with Crippen molar-refractivity contribution in [3.63, 3.8) is 0 Å². The zero-order valence-corrected chi connectivity index (χ0v) is 10.2. The molecule has 0 bridgehead atoms. The van der Waals surface area contributed by atoms with E-state index in [1.807, 2.05) is 0 Å². The molecule has 0 aromatic carbocycles. The zero-order chi connectivity index (χ0) is 8.06. The van der Waals surface area contributed by atoms with Crippen molar-refractivity contribution < 1.29 is 25.4 Å². The third kappa shape index (κ3) is 1.84. The normalized spacial score (nSPS) is 36.8. The van der Waals surface area contributed by atoms with Gasteiger partial charge in [0.1, 0.15) is 0 Å². The van der Waals surface area contributed by atoms with Crippen LogP contribution in [0.4, 0.5) is 0 Å². The van der Waals surface area contributed by atoms with Gasteiger partial charge in [0.15, 0.2) is 0 Å². The first kappa shape index (κ1) is 10.5. The maximum absolute atomic E-state index is 11.1. The predicted octanol–water partition coefficient (Wildman–Crippen LogP) is -4.39. The fourth-order valence-electron chi connectivity index (χ4n) is 1.38. The molecule has 0 aliphatic carbocycles. The third-order valence-corrected chi connectivity index (χ3v) is 6.40. The van der Waals surface area contributed by atoms with E-state index in [-0.39, 0.29) is 48.5 Å². The van der Waals surface area contributed by atoms with E-state index in [4.69, 9.17) is 5.73 Å². The monoisotopic (exact) mass is 319 g/mol. The summed E-state index contributed by atoms with van der Waals surface area (Å²) in [4.78, 5) is 4.33. The molecule has 4 nitrogen and oxygen atoms in total. The van der Waals surface area contributed by atoms with E-state index >= 15 is 0 Å². The van der Waals surface area contributed by atoms with Gasteiger partial charge in [-0.2, -0.15) is 0 Å². The van der Waals surface area contributed by atoms with Gasteiger partial charge in [-0.3, -0.25) is 0 Å². The van der Waals surface area contributed by atoms with Crippen LogP contribution >= 0.6 is 0 Å². The van der Waals surface area contributed by atoms with Crippen molar-refractivity contribution >= 4 is 29.5 Å². The van der Waals surface area contributed by atoms with Gasteiger partial charge in [-0.1, -0.05) is 0 Å². The van der Waals surface area contributed by atoms with Crippen molar-refractivity contribution in [3.8, 4) is 0 Å². The summed E-state index contributed by atoms with van der Waals surface area (Å²) in [7, 11) is -2.78. The fourth-order valence-corrected chi connectivity index (χ4v) is 6.86. The molecule has 0 radical (unpaired) electrons. The van der Waals surface area contributed by atoms with Gasteiger partial charge in [0.2, 0.25) is 0 Å². The summed E-state index contributed by atoms with van der Waals surface area (Å²) in [5, 5.41) is 0. The van der Waals surface area contributed by atoms with E-state index in [1.165, 1.54) is 0 Å². The Kier molecular flexibility index (Phi) is 2.88. The number of hydrogen-bond acceptors (Lipinski definition) is 4. The molecular formula is C5H8BrN2O2SSe-. The number of sulfone groups is 1. The van der Waals surface area contributed by atoms with Gasteiger partial charge in [0, 0.05) is 0 Å². The van der Waals surface area contributed by atoms with Crippen LogP contribution in [0.15, 0.2) is 4.99 Å². The first-order chi connectivity index (χ1) is 5.07. The van der Waals surface area contributed by atoms with E-state index in [2.05, 4.69) is 4.99 Å². The molecule has 2 heterocycles. The Labute approximate surface area is 87.8 Å². The number of hydrogen-bond donors (Lipinski definition) is 1. The maximum atomic E-state index is 11.1. The van der Waals surface area contributed by atoms with Crippen molar-refractivity contribution in [2.75, 3.05) is 11.5 Å². The second-order valence-corrected chi connectivity index (χ2v) is 7.56. The minimum Gasteiger partial charge on any atom is -1.00 e. The standard InChI is InChI=1S/C5H8N2O2SSe.BrH/c6-5-7-3-1-10(8,9)2-4(3)11-5;/h3-4H,1-2H2,(H2,6,7);1H/p-1. The number of nitrogens with zero attached hydrogens (tertiary/aromatic N) is 1. The summed E-state index contributed by atoms with van der Waals surface area (Å²) < 4.78 is 22.8. The molecule has 2 aliphatic rings. The largest absolute Gasteiger partial charge is 1.00 e. The first-order valence-electron chi connectivity index (χ1n) is 3.27. The van der Waals surface area contributed by atoms with E-state index in [0.717, 1.165) is 0 Å². The summed E-state index contributed by atoms with van der Waals surface area (Å²) in [6, 6.07) is -0.000000000000000444. The Morgan fingerprint density at radius 3 is 2.75 bits per heavy atom. The van der Waals surface area contributed by atoms with Crippen molar-refractivity contribution in [1.29, 1.82) is 0 Å². The number of fused-ring (bicyclic) bond motifs is 1. The molecule has 7 heteroatoms. The van der Waals surface area contributed by atoms with E-state index in [1.54, 1.807) is 0 Å². The molecule has 0 amide bonds. The molecule has 2 N–H and O–H groups in total. The van der Waals surface area contributed by atoms with Crippen molar-refractivity contribution in [3.05, 3.63) is 0 Å². The summed E-state index contributed by atoms with van der Waals surface area (Å²) in [6.07, 6.45) is 0. The molecule has 2 aliphatic heterocycles. The van der Waals surface area contributed by atoms with Crippen molar-refractivity contribution in [2.45, 2.75) is 10.9 Å². The Morgan fingerprint density at radius 2 is 2.17 bits per heavy atom. The topological polar surface area (TPSA) is 72.5 Å². The Bertz CT molecular complexity index is 315. The van der Waals surface area contributed by atoms with E-state index < -0.39 is 9.84 Å². The Hall–Kier alpha value is 0.419. The number of rotatable bonds is 0. The summed E-state index contributed by atoms with van der Waals surface area (Å²) >= 11 is 0.133. The molecule has 0 aromatic rings. The zero-order valence-electron chi connectivity index (χ0n) is 6.10. The van der Waals surface area contributed by atoms with Gasteiger partial charge in [-0.25, -0.2) is 0 Å². The molecule has 2 rings (SSSR count). The molecule has 1 fully saturated rings. The Balaban J connectivity index is 0.000000720. The predicted molar refractivity (Wildman–Crippen MR) is 43.6 cm³/mol. The van der Waals surface area contributed by atoms with Gasteiger partial charge in [-0.05, 0) is 0 Å². The van der Waals surface area contributed by atoms with E-state index in [9.17, 15) is 8.42 Å². The van der Waals surface area contributed by atoms with Crippen molar-refractivity contribution in [1.82, 2.24) is 0 Å². The first-order valence-corrected chi connectivity index (χ1v) is 6.94. The molecule has 1 saturated heterocycles. The van der Waals surface area contributed by atoms with Gasteiger partial charge in [0.05, 0.1) is 0 Å². The number of nitrogens with two attached hydrogens (primary N) is 1. The molecule has 2 unspecified atom stereocenters. The second-order valence-electron chi connectivity index (χ2n) is 2.77. The van der Waals surface area contributed by atoms with Crippen LogP contribution in [0.5, 0.6) is 0 Å². The fraction of sp³-hybridized carbons (Fsp3) is 0.800. The molecular weight excluding hydrogens is 311 g/mol. The van der Waals surface area contributed by atoms with Crippen LogP contribution in [-0.4, -0.2) is 45.7 Å². The SMILES string of the molecule is NC1=NC2CS(=O)(=O)CC2[Se]1.[Br-].